The summed E-state index contributed by atoms with van der Waals surface area (Å²) in [5.74, 6) is 1.78. The van der Waals surface area contributed by atoms with Crippen LogP contribution in [0.1, 0.15) is 59.8 Å². The number of nitrogen functional groups attached to an aromatic ring is 1. The topological polar surface area (TPSA) is 116 Å². The van der Waals surface area contributed by atoms with Crippen molar-refractivity contribution in [3.63, 3.8) is 0 Å². The molecule has 4 rings (SSSR count). The normalized spacial score (nSPS) is 15.7. The van der Waals surface area contributed by atoms with Crippen molar-refractivity contribution in [2.45, 2.75) is 71.4 Å². The molecule has 0 aliphatic carbocycles. The Morgan fingerprint density at radius 1 is 1.08 bits per heavy atom. The van der Waals surface area contributed by atoms with Gasteiger partial charge >= 0.3 is 0 Å². The van der Waals surface area contributed by atoms with Crippen LogP contribution in [0.25, 0.3) is 22.2 Å². The van der Waals surface area contributed by atoms with E-state index in [1.54, 1.807) is 6.20 Å². The van der Waals surface area contributed by atoms with Crippen molar-refractivity contribution in [2.24, 2.45) is 0 Å². The quantitative estimate of drug-likeness (QED) is 0.311. The van der Waals surface area contributed by atoms with E-state index in [-0.39, 0.29) is 12.6 Å². The molecule has 200 valence electrons. The Labute approximate surface area is 220 Å². The third kappa shape index (κ3) is 6.27. The van der Waals surface area contributed by atoms with Gasteiger partial charge in [0.1, 0.15) is 11.6 Å². The van der Waals surface area contributed by atoms with Crippen LogP contribution in [-0.2, 0) is 0 Å². The maximum Gasteiger partial charge on any atom is 0.222 e. The molecule has 0 aromatic carbocycles. The number of anilines is 3. The number of hydrogen-bond donors (Lipinski definition) is 3. The molecule has 0 amide bonds. The van der Waals surface area contributed by atoms with Crippen LogP contribution in [-0.4, -0.2) is 74.3 Å². The minimum absolute atomic E-state index is 0.00503. The smallest absolute Gasteiger partial charge is 0.222 e. The number of unbranched alkanes of at least 4 members (excludes halogenated alkanes) is 1. The number of nitrogens with two attached hydrogens (primary N) is 1. The minimum atomic E-state index is -0.498. The highest BCUT2D eigenvalue weighted by Gasteiger charge is 2.31. The summed E-state index contributed by atoms with van der Waals surface area (Å²) < 4.78 is 0. The van der Waals surface area contributed by atoms with Crippen molar-refractivity contribution < 1.29 is 5.11 Å². The molecule has 4 heterocycles. The summed E-state index contributed by atoms with van der Waals surface area (Å²) in [6.45, 7) is 13.0. The van der Waals surface area contributed by atoms with Crippen LogP contribution in [0.3, 0.4) is 0 Å². The lowest BCUT2D eigenvalue weighted by Gasteiger charge is -2.46. The van der Waals surface area contributed by atoms with Crippen molar-refractivity contribution in [3.8, 4) is 11.3 Å². The average Bonchev–Trinajstić information content (AvgIpc) is 2.87. The zero-order chi connectivity index (χ0) is 26.4. The summed E-state index contributed by atoms with van der Waals surface area (Å²) in [6, 6.07) is 6.68. The molecule has 9 heteroatoms. The summed E-state index contributed by atoms with van der Waals surface area (Å²) in [4.78, 5) is 23.2. The standard InChI is InChI=1S/C28H42N8O/c1-5-8-11-28(4,19-37)34-26-22-16-30-23(14-24(22)32-27(29)33-26)20-9-10-25(31-15-20)36-17-21(18-36)35(12-6-2)13-7-3/h9-10,14-16,21,37H,5-8,11-13,17-19H2,1-4H3,(H3,29,32,33,34)/t28-/m1/s1. The first-order valence-corrected chi connectivity index (χ1v) is 13.7. The van der Waals surface area contributed by atoms with E-state index in [1.807, 2.05) is 19.2 Å². The number of nitrogens with one attached hydrogen (secondary N) is 1. The van der Waals surface area contributed by atoms with E-state index in [0.717, 1.165) is 67.9 Å². The molecular weight excluding hydrogens is 464 g/mol. The van der Waals surface area contributed by atoms with Gasteiger partial charge in [-0.1, -0.05) is 33.6 Å². The highest BCUT2D eigenvalue weighted by Crippen LogP contribution is 2.29. The summed E-state index contributed by atoms with van der Waals surface area (Å²) in [7, 11) is 0. The van der Waals surface area contributed by atoms with Gasteiger partial charge in [0.05, 0.1) is 28.7 Å². The highest BCUT2D eigenvalue weighted by atomic mass is 16.3. The van der Waals surface area contributed by atoms with Crippen LogP contribution in [0, 0.1) is 0 Å². The van der Waals surface area contributed by atoms with Gasteiger partial charge in [0.2, 0.25) is 5.95 Å². The molecule has 1 aliphatic heterocycles. The number of pyridine rings is 2. The van der Waals surface area contributed by atoms with Crippen LogP contribution in [0.5, 0.6) is 0 Å². The Morgan fingerprint density at radius 3 is 2.46 bits per heavy atom. The third-order valence-electron chi connectivity index (χ3n) is 7.22. The molecule has 0 saturated carbocycles. The van der Waals surface area contributed by atoms with Gasteiger partial charge in [0.15, 0.2) is 0 Å². The van der Waals surface area contributed by atoms with Gasteiger partial charge in [-0.2, -0.15) is 4.98 Å². The largest absolute Gasteiger partial charge is 0.394 e. The van der Waals surface area contributed by atoms with E-state index in [0.29, 0.717) is 17.4 Å². The molecule has 0 bridgehead atoms. The lowest BCUT2D eigenvalue weighted by atomic mass is 9.95. The van der Waals surface area contributed by atoms with Crippen LogP contribution in [0.2, 0.25) is 0 Å². The fraction of sp³-hybridized carbons (Fsp3) is 0.571. The number of aliphatic hydroxyl groups excluding tert-OH is 1. The maximum atomic E-state index is 10.0. The second-order valence-corrected chi connectivity index (χ2v) is 10.5. The van der Waals surface area contributed by atoms with Crippen molar-refractivity contribution in [3.05, 3.63) is 30.6 Å². The lowest BCUT2D eigenvalue weighted by Crippen LogP contribution is -2.60. The van der Waals surface area contributed by atoms with Crippen LogP contribution in [0.4, 0.5) is 17.6 Å². The van der Waals surface area contributed by atoms with E-state index < -0.39 is 5.54 Å². The maximum absolute atomic E-state index is 10.0. The Morgan fingerprint density at radius 2 is 1.84 bits per heavy atom. The number of rotatable bonds is 13. The van der Waals surface area contributed by atoms with Crippen molar-refractivity contribution in [1.82, 2.24) is 24.8 Å². The summed E-state index contributed by atoms with van der Waals surface area (Å²) >= 11 is 0. The van der Waals surface area contributed by atoms with Gasteiger partial charge in [-0.25, -0.2) is 9.97 Å². The fourth-order valence-corrected chi connectivity index (χ4v) is 4.98. The first kappa shape index (κ1) is 27.0. The fourth-order valence-electron chi connectivity index (χ4n) is 4.98. The Kier molecular flexibility index (Phi) is 8.76. The van der Waals surface area contributed by atoms with E-state index >= 15 is 0 Å². The predicted octanol–water partition coefficient (Wildman–Crippen LogP) is 4.33. The molecule has 1 aliphatic rings. The number of hydrogen-bond acceptors (Lipinski definition) is 9. The minimum Gasteiger partial charge on any atom is -0.394 e. The molecule has 37 heavy (non-hydrogen) atoms. The predicted molar refractivity (Wildman–Crippen MR) is 152 cm³/mol. The molecule has 1 saturated heterocycles. The first-order valence-electron chi connectivity index (χ1n) is 13.7. The average molecular weight is 507 g/mol. The molecule has 4 N–H and O–H groups in total. The SMILES string of the molecule is CCCC[C@](C)(CO)Nc1nc(N)nc2cc(-c3ccc(N4CC(N(CCC)CCC)C4)nc3)ncc12. The summed E-state index contributed by atoms with van der Waals surface area (Å²) in [5.41, 5.74) is 7.97. The molecule has 1 fully saturated rings. The Bertz CT molecular complexity index is 1160. The van der Waals surface area contributed by atoms with Crippen LogP contribution >= 0.6 is 0 Å². The van der Waals surface area contributed by atoms with E-state index in [2.05, 4.69) is 63.0 Å². The van der Waals surface area contributed by atoms with Crippen LogP contribution in [0.15, 0.2) is 30.6 Å². The second-order valence-electron chi connectivity index (χ2n) is 10.5. The van der Waals surface area contributed by atoms with E-state index in [1.165, 1.54) is 12.8 Å². The van der Waals surface area contributed by atoms with Crippen molar-refractivity contribution in [1.29, 1.82) is 0 Å². The second kappa shape index (κ2) is 12.0. The molecule has 9 nitrogen and oxygen atoms in total. The third-order valence-corrected chi connectivity index (χ3v) is 7.22. The van der Waals surface area contributed by atoms with Gasteiger partial charge in [0, 0.05) is 37.1 Å². The number of fused-ring (bicyclic) bond motifs is 1. The van der Waals surface area contributed by atoms with Gasteiger partial charge in [-0.15, -0.1) is 0 Å². The first-order chi connectivity index (χ1) is 17.9. The van der Waals surface area contributed by atoms with Gasteiger partial charge in [-0.05, 0) is 57.5 Å². The summed E-state index contributed by atoms with van der Waals surface area (Å²) in [5, 5.41) is 14.2. The van der Waals surface area contributed by atoms with Crippen molar-refractivity contribution in [2.75, 3.05) is 48.7 Å². The zero-order valence-corrected chi connectivity index (χ0v) is 22.7. The Hall–Kier alpha value is -3.04. The Balaban J connectivity index is 1.49. The lowest BCUT2D eigenvalue weighted by molar-refractivity contribution is 0.166. The number of nitrogens with zero attached hydrogens (tertiary/aromatic N) is 6. The number of aromatic nitrogens is 4. The van der Waals surface area contributed by atoms with Gasteiger partial charge in [0.25, 0.3) is 0 Å². The monoisotopic (exact) mass is 506 g/mol. The van der Waals surface area contributed by atoms with Gasteiger partial charge in [-0.3, -0.25) is 9.88 Å². The highest BCUT2D eigenvalue weighted by molar-refractivity contribution is 5.91. The van der Waals surface area contributed by atoms with Gasteiger partial charge < -0.3 is 21.1 Å². The molecule has 3 aromatic rings. The van der Waals surface area contributed by atoms with Crippen LogP contribution < -0.4 is 16.0 Å². The molecule has 1 atom stereocenters. The number of aliphatic hydroxyl groups is 1. The van der Waals surface area contributed by atoms with Crippen molar-refractivity contribution >= 4 is 28.5 Å². The van der Waals surface area contributed by atoms with E-state index in [4.69, 9.17) is 10.7 Å². The molecule has 3 aromatic heterocycles. The molecule has 0 radical (unpaired) electrons. The van der Waals surface area contributed by atoms with E-state index in [9.17, 15) is 5.11 Å². The molecule has 0 spiro atoms. The molecular formula is C28H42N8O. The molecule has 0 unspecified atom stereocenters. The summed E-state index contributed by atoms with van der Waals surface area (Å²) in [6.07, 6.45) is 8.91. The zero-order valence-electron chi connectivity index (χ0n) is 22.7.